The van der Waals surface area contributed by atoms with Crippen LogP contribution in [0, 0.1) is 0 Å². The van der Waals surface area contributed by atoms with Crippen molar-refractivity contribution in [2.75, 3.05) is 20.6 Å². The summed E-state index contributed by atoms with van der Waals surface area (Å²) in [4.78, 5) is 14.1. The molecule has 19 heavy (non-hydrogen) atoms. The van der Waals surface area contributed by atoms with Gasteiger partial charge in [-0.25, -0.2) is 0 Å². The summed E-state index contributed by atoms with van der Waals surface area (Å²) in [6.07, 6.45) is 3.50. The van der Waals surface area contributed by atoms with Gasteiger partial charge in [0.05, 0.1) is 0 Å². The maximum Gasteiger partial charge on any atom is 0.220 e. The molecule has 0 unspecified atom stereocenters. The predicted octanol–water partition coefficient (Wildman–Crippen LogP) is 2.92. The molecule has 0 spiro atoms. The molecule has 4 heteroatoms. The van der Waals surface area contributed by atoms with Crippen LogP contribution in [0.3, 0.4) is 0 Å². The summed E-state index contributed by atoms with van der Waals surface area (Å²) in [7, 11) is 4.18. The third kappa shape index (κ3) is 4.62. The van der Waals surface area contributed by atoms with E-state index in [0.29, 0.717) is 6.42 Å². The second kappa shape index (κ2) is 7.65. The third-order valence-corrected chi connectivity index (χ3v) is 4.83. The zero-order valence-corrected chi connectivity index (χ0v) is 13.3. The van der Waals surface area contributed by atoms with E-state index < -0.39 is 0 Å². The Morgan fingerprint density at radius 2 is 2.05 bits per heavy atom. The van der Waals surface area contributed by atoms with E-state index in [1.807, 2.05) is 0 Å². The molecule has 0 atom stereocenters. The first-order valence-electron chi connectivity index (χ1n) is 6.99. The minimum absolute atomic E-state index is 0.0814. The Hall–Kier alpha value is -0.870. The van der Waals surface area contributed by atoms with Gasteiger partial charge in [-0.1, -0.05) is 13.8 Å². The minimum Gasteiger partial charge on any atom is -0.354 e. The molecule has 108 valence electrons. The van der Waals surface area contributed by atoms with Gasteiger partial charge in [0.2, 0.25) is 5.91 Å². The van der Waals surface area contributed by atoms with Crippen LogP contribution < -0.4 is 5.32 Å². The molecule has 0 aliphatic carbocycles. The number of likely N-dealkylation sites (N-methyl/N-ethyl adjacent to an activating group) is 1. The smallest absolute Gasteiger partial charge is 0.220 e. The molecule has 1 aromatic heterocycles. The Kier molecular flexibility index (Phi) is 6.52. The molecule has 0 fully saturated rings. The van der Waals surface area contributed by atoms with Gasteiger partial charge in [0.15, 0.2) is 0 Å². The quantitative estimate of drug-likeness (QED) is 0.795. The molecule has 1 rings (SSSR count). The van der Waals surface area contributed by atoms with Crippen LogP contribution >= 0.6 is 11.3 Å². The molecule has 1 heterocycles. The summed E-state index contributed by atoms with van der Waals surface area (Å²) in [5.41, 5.74) is 1.34. The highest BCUT2D eigenvalue weighted by Crippen LogP contribution is 2.20. The number of nitrogens with zero attached hydrogens (tertiary/aromatic N) is 1. The molecular weight excluding hydrogens is 256 g/mol. The molecule has 0 radical (unpaired) electrons. The maximum absolute atomic E-state index is 11.9. The third-order valence-electron chi connectivity index (χ3n) is 4.10. The molecule has 1 amide bonds. The van der Waals surface area contributed by atoms with E-state index in [1.165, 1.54) is 5.56 Å². The number of amides is 1. The van der Waals surface area contributed by atoms with Gasteiger partial charge in [-0.05, 0) is 55.7 Å². The van der Waals surface area contributed by atoms with E-state index in [1.54, 1.807) is 11.3 Å². The molecule has 0 aromatic carbocycles. The maximum atomic E-state index is 11.9. The zero-order valence-electron chi connectivity index (χ0n) is 12.5. The van der Waals surface area contributed by atoms with Crippen LogP contribution in [0.2, 0.25) is 0 Å². The molecular formula is C15H26N2OS. The second-order valence-corrected chi connectivity index (χ2v) is 6.01. The predicted molar refractivity (Wildman–Crippen MR) is 82.6 cm³/mol. The van der Waals surface area contributed by atoms with E-state index in [4.69, 9.17) is 0 Å². The standard InChI is InChI=1S/C15H26N2OS/c1-5-15(6-2,17(3)4)12-16-14(18)8-7-13-9-10-19-11-13/h9-11H,5-8,12H2,1-4H3,(H,16,18). The number of hydrogen-bond acceptors (Lipinski definition) is 3. The molecule has 0 aliphatic rings. The highest BCUT2D eigenvalue weighted by molar-refractivity contribution is 7.07. The van der Waals surface area contributed by atoms with Crippen molar-refractivity contribution >= 4 is 17.2 Å². The first kappa shape index (κ1) is 16.2. The molecule has 0 aliphatic heterocycles. The highest BCUT2D eigenvalue weighted by Gasteiger charge is 2.28. The summed E-state index contributed by atoms with van der Waals surface area (Å²) < 4.78 is 0. The molecule has 0 bridgehead atoms. The van der Waals surface area contributed by atoms with Crippen LogP contribution in [0.15, 0.2) is 16.8 Å². The fraction of sp³-hybridized carbons (Fsp3) is 0.667. The van der Waals surface area contributed by atoms with Gasteiger partial charge in [0.25, 0.3) is 0 Å². The SMILES string of the molecule is CCC(CC)(CNC(=O)CCc1ccsc1)N(C)C. The lowest BCUT2D eigenvalue weighted by Gasteiger charge is -2.38. The van der Waals surface area contributed by atoms with Crippen LogP contribution in [0.1, 0.15) is 38.7 Å². The van der Waals surface area contributed by atoms with Crippen molar-refractivity contribution in [1.29, 1.82) is 0 Å². The van der Waals surface area contributed by atoms with E-state index in [0.717, 1.165) is 25.8 Å². The largest absolute Gasteiger partial charge is 0.354 e. The number of carbonyl (C=O) groups is 1. The zero-order chi connectivity index (χ0) is 14.3. The van der Waals surface area contributed by atoms with Crippen molar-refractivity contribution in [1.82, 2.24) is 10.2 Å². The van der Waals surface area contributed by atoms with Gasteiger partial charge in [-0.2, -0.15) is 11.3 Å². The number of thiophene rings is 1. The van der Waals surface area contributed by atoms with Crippen molar-refractivity contribution in [3.8, 4) is 0 Å². The minimum atomic E-state index is 0.0814. The lowest BCUT2D eigenvalue weighted by Crippen LogP contribution is -2.52. The Labute approximate surface area is 121 Å². The normalized spacial score (nSPS) is 11.8. The van der Waals surface area contributed by atoms with Crippen LogP contribution in [-0.2, 0) is 11.2 Å². The molecule has 3 nitrogen and oxygen atoms in total. The van der Waals surface area contributed by atoms with Crippen molar-refractivity contribution in [2.24, 2.45) is 0 Å². The van der Waals surface area contributed by atoms with Crippen LogP contribution in [0.5, 0.6) is 0 Å². The van der Waals surface area contributed by atoms with Gasteiger partial charge in [-0.3, -0.25) is 4.79 Å². The second-order valence-electron chi connectivity index (χ2n) is 5.23. The fourth-order valence-corrected chi connectivity index (χ4v) is 3.04. The molecule has 0 saturated heterocycles. The monoisotopic (exact) mass is 282 g/mol. The molecule has 0 saturated carbocycles. The van der Waals surface area contributed by atoms with E-state index in [9.17, 15) is 4.79 Å². The summed E-state index contributed by atoms with van der Waals surface area (Å²) in [6.45, 7) is 5.09. The van der Waals surface area contributed by atoms with Crippen LogP contribution in [-0.4, -0.2) is 37.0 Å². The Morgan fingerprint density at radius 1 is 1.37 bits per heavy atom. The van der Waals surface area contributed by atoms with Crippen LogP contribution in [0.4, 0.5) is 0 Å². The average Bonchev–Trinajstić information content (AvgIpc) is 2.91. The van der Waals surface area contributed by atoms with Gasteiger partial charge in [0, 0.05) is 18.5 Å². The first-order chi connectivity index (χ1) is 9.04. The van der Waals surface area contributed by atoms with Gasteiger partial charge < -0.3 is 10.2 Å². The Balaban J connectivity index is 2.39. The fourth-order valence-electron chi connectivity index (χ4n) is 2.33. The number of nitrogens with one attached hydrogen (secondary N) is 1. The van der Waals surface area contributed by atoms with Crippen molar-refractivity contribution in [3.63, 3.8) is 0 Å². The summed E-state index contributed by atoms with van der Waals surface area (Å²) >= 11 is 1.68. The molecule has 1 N–H and O–H groups in total. The van der Waals surface area contributed by atoms with Gasteiger partial charge in [-0.15, -0.1) is 0 Å². The van der Waals surface area contributed by atoms with Gasteiger partial charge >= 0.3 is 0 Å². The van der Waals surface area contributed by atoms with E-state index in [-0.39, 0.29) is 11.4 Å². The first-order valence-corrected chi connectivity index (χ1v) is 7.93. The summed E-state index contributed by atoms with van der Waals surface area (Å²) in [5.74, 6) is 0.152. The van der Waals surface area contributed by atoms with Crippen molar-refractivity contribution in [2.45, 2.75) is 45.1 Å². The molecule has 1 aromatic rings. The summed E-state index contributed by atoms with van der Waals surface area (Å²) in [6, 6.07) is 2.08. The number of rotatable bonds is 8. The van der Waals surface area contributed by atoms with E-state index >= 15 is 0 Å². The lowest BCUT2D eigenvalue weighted by atomic mass is 9.91. The van der Waals surface area contributed by atoms with E-state index in [2.05, 4.69) is 55.0 Å². The highest BCUT2D eigenvalue weighted by atomic mass is 32.1. The number of aryl methyl sites for hydroxylation is 1. The summed E-state index contributed by atoms with van der Waals surface area (Å²) in [5, 5.41) is 7.25. The lowest BCUT2D eigenvalue weighted by molar-refractivity contribution is -0.121. The topological polar surface area (TPSA) is 32.3 Å². The van der Waals surface area contributed by atoms with Crippen LogP contribution in [0.25, 0.3) is 0 Å². The van der Waals surface area contributed by atoms with Crippen molar-refractivity contribution in [3.05, 3.63) is 22.4 Å². The van der Waals surface area contributed by atoms with Gasteiger partial charge in [0.1, 0.15) is 0 Å². The Bertz CT molecular complexity index is 370. The van der Waals surface area contributed by atoms with Crippen molar-refractivity contribution < 1.29 is 4.79 Å². The number of hydrogen-bond donors (Lipinski definition) is 1. The average molecular weight is 282 g/mol. The Morgan fingerprint density at radius 3 is 2.53 bits per heavy atom. The number of carbonyl (C=O) groups excluding carboxylic acids is 1.